The number of benzene rings is 2. The van der Waals surface area contributed by atoms with E-state index < -0.39 is 23.1 Å². The summed E-state index contributed by atoms with van der Waals surface area (Å²) in [5.74, 6) is -1.13. The van der Waals surface area contributed by atoms with Crippen LogP contribution in [-0.2, 0) is 9.59 Å². The van der Waals surface area contributed by atoms with E-state index in [-0.39, 0.29) is 17.3 Å². The number of hydrogen-bond donors (Lipinski definition) is 2. The number of ether oxygens (including phenoxy) is 2. The lowest BCUT2D eigenvalue weighted by Gasteiger charge is -2.07. The number of para-hydroxylation sites is 1. The van der Waals surface area contributed by atoms with Gasteiger partial charge >= 0.3 is 11.9 Å². The highest BCUT2D eigenvalue weighted by molar-refractivity contribution is 8.15. The van der Waals surface area contributed by atoms with Crippen molar-refractivity contribution in [3.8, 4) is 11.5 Å². The fourth-order valence-corrected chi connectivity index (χ4v) is 3.37. The Labute approximate surface area is 175 Å². The van der Waals surface area contributed by atoms with E-state index in [2.05, 4.69) is 15.5 Å². The van der Waals surface area contributed by atoms with E-state index in [4.69, 9.17) is 14.6 Å². The highest BCUT2D eigenvalue weighted by Gasteiger charge is 2.32. The topological polar surface area (TPSA) is 127 Å². The normalized spacial score (nSPS) is 17.2. The number of esters is 1. The van der Waals surface area contributed by atoms with Crippen molar-refractivity contribution in [3.05, 3.63) is 59.7 Å². The van der Waals surface area contributed by atoms with E-state index >= 15 is 0 Å². The van der Waals surface area contributed by atoms with Crippen LogP contribution in [0.3, 0.4) is 0 Å². The van der Waals surface area contributed by atoms with E-state index in [1.807, 2.05) is 0 Å². The Hall–Kier alpha value is -3.66. The highest BCUT2D eigenvalue weighted by Crippen LogP contribution is 2.23. The highest BCUT2D eigenvalue weighted by atomic mass is 32.2. The molecule has 1 amide bonds. The average molecular weight is 427 g/mol. The standard InChI is InChI=1S/C20H17N3O6S/c1-28-14-8-6-12(7-9-14)19(27)29-15-5-3-2-4-13(15)11-21-23-20-22-18(26)16(30-20)10-17(24)25/h2-9,11,16H,10H2,1H3,(H,24,25)(H,22,23,26). The van der Waals surface area contributed by atoms with Gasteiger partial charge in [-0.1, -0.05) is 23.9 Å². The molecule has 0 bridgehead atoms. The summed E-state index contributed by atoms with van der Waals surface area (Å²) in [5, 5.41) is 18.5. The number of nitrogens with one attached hydrogen (secondary N) is 1. The molecular formula is C20H17N3O6S. The van der Waals surface area contributed by atoms with Gasteiger partial charge in [0.25, 0.3) is 0 Å². The molecule has 2 aromatic carbocycles. The Morgan fingerprint density at radius 1 is 1.20 bits per heavy atom. The Morgan fingerprint density at radius 2 is 1.93 bits per heavy atom. The van der Waals surface area contributed by atoms with Crippen LogP contribution < -0.4 is 14.8 Å². The van der Waals surface area contributed by atoms with E-state index in [9.17, 15) is 14.4 Å². The quantitative estimate of drug-likeness (QED) is 0.300. The van der Waals surface area contributed by atoms with Gasteiger partial charge in [-0.3, -0.25) is 9.59 Å². The SMILES string of the molecule is COc1ccc(C(=O)Oc2ccccc2C=N/N=C2/NC(=O)C(CC(=O)O)S2)cc1. The van der Waals surface area contributed by atoms with Crippen molar-refractivity contribution >= 4 is 41.0 Å². The number of carbonyl (C=O) groups excluding carboxylic acids is 2. The van der Waals surface area contributed by atoms with Gasteiger partial charge < -0.3 is 19.9 Å². The number of amides is 1. The first kappa shape index (κ1) is 21.1. The minimum absolute atomic E-state index is 0.204. The van der Waals surface area contributed by atoms with Crippen molar-refractivity contribution in [2.75, 3.05) is 7.11 Å². The molecule has 0 radical (unpaired) electrons. The monoisotopic (exact) mass is 427 g/mol. The van der Waals surface area contributed by atoms with Crippen LogP contribution >= 0.6 is 11.8 Å². The first-order chi connectivity index (χ1) is 14.5. The fourth-order valence-electron chi connectivity index (χ4n) is 2.45. The van der Waals surface area contributed by atoms with Gasteiger partial charge in [-0.05, 0) is 36.4 Å². The molecule has 0 aromatic heterocycles. The molecule has 1 unspecified atom stereocenters. The number of carbonyl (C=O) groups is 3. The summed E-state index contributed by atoms with van der Waals surface area (Å²) in [5.41, 5.74) is 0.859. The van der Waals surface area contributed by atoms with Gasteiger partial charge in [-0.15, -0.1) is 5.10 Å². The maximum Gasteiger partial charge on any atom is 0.343 e. The fraction of sp³-hybridized carbons (Fsp3) is 0.150. The number of rotatable bonds is 7. The molecule has 1 saturated heterocycles. The number of methoxy groups -OCH3 is 1. The third-order valence-corrected chi connectivity index (χ3v) is 5.00. The van der Waals surface area contributed by atoms with Crippen LogP contribution in [0, 0.1) is 0 Å². The summed E-state index contributed by atoms with van der Waals surface area (Å²) in [6, 6.07) is 13.3. The van der Waals surface area contributed by atoms with E-state index in [1.54, 1.807) is 48.5 Å². The van der Waals surface area contributed by atoms with Gasteiger partial charge in [-0.25, -0.2) is 4.79 Å². The van der Waals surface area contributed by atoms with Crippen molar-refractivity contribution in [3.63, 3.8) is 0 Å². The summed E-state index contributed by atoms with van der Waals surface area (Å²) in [6.07, 6.45) is 1.07. The van der Waals surface area contributed by atoms with Gasteiger partial charge in [0, 0.05) is 5.56 Å². The van der Waals surface area contributed by atoms with Crippen molar-refractivity contribution in [1.82, 2.24) is 5.32 Å². The summed E-state index contributed by atoms with van der Waals surface area (Å²) in [7, 11) is 1.54. The first-order valence-electron chi connectivity index (χ1n) is 8.72. The zero-order chi connectivity index (χ0) is 21.5. The Balaban J connectivity index is 1.68. The molecule has 1 atom stereocenters. The first-order valence-corrected chi connectivity index (χ1v) is 9.60. The molecule has 2 aromatic rings. The number of hydrogen-bond acceptors (Lipinski definition) is 8. The molecule has 1 heterocycles. The maximum atomic E-state index is 12.4. The van der Waals surface area contributed by atoms with E-state index in [0.717, 1.165) is 11.8 Å². The second-order valence-electron chi connectivity index (χ2n) is 6.00. The van der Waals surface area contributed by atoms with Gasteiger partial charge in [-0.2, -0.15) is 5.10 Å². The third kappa shape index (κ3) is 5.45. The number of carboxylic acid groups (broad SMARTS) is 1. The molecule has 0 spiro atoms. The zero-order valence-corrected chi connectivity index (χ0v) is 16.6. The number of amidine groups is 1. The molecule has 2 N–H and O–H groups in total. The predicted octanol–water partition coefficient (Wildman–Crippen LogP) is 2.31. The van der Waals surface area contributed by atoms with Gasteiger partial charge in [0.05, 0.1) is 25.3 Å². The zero-order valence-electron chi connectivity index (χ0n) is 15.8. The van der Waals surface area contributed by atoms with Crippen molar-refractivity contribution in [2.45, 2.75) is 11.7 Å². The molecule has 10 heteroatoms. The summed E-state index contributed by atoms with van der Waals surface area (Å²) in [6.45, 7) is 0. The molecule has 0 saturated carbocycles. The lowest BCUT2D eigenvalue weighted by Crippen LogP contribution is -2.26. The Morgan fingerprint density at radius 3 is 2.63 bits per heavy atom. The van der Waals surface area contributed by atoms with Crippen LogP contribution in [0.1, 0.15) is 22.3 Å². The Bertz CT molecular complexity index is 1020. The molecule has 9 nitrogen and oxygen atoms in total. The number of aliphatic carboxylic acids is 1. The molecular weight excluding hydrogens is 410 g/mol. The van der Waals surface area contributed by atoms with Crippen molar-refractivity contribution in [2.24, 2.45) is 10.2 Å². The van der Waals surface area contributed by atoms with Crippen LogP contribution in [0.25, 0.3) is 0 Å². The van der Waals surface area contributed by atoms with Gasteiger partial charge in [0.1, 0.15) is 16.7 Å². The summed E-state index contributed by atoms with van der Waals surface area (Å²) in [4.78, 5) is 34.8. The van der Waals surface area contributed by atoms with Crippen LogP contribution in [0.15, 0.2) is 58.7 Å². The summed E-state index contributed by atoms with van der Waals surface area (Å²) >= 11 is 0.996. The smallest absolute Gasteiger partial charge is 0.343 e. The number of nitrogens with zero attached hydrogens (tertiary/aromatic N) is 2. The van der Waals surface area contributed by atoms with Crippen LogP contribution in [0.5, 0.6) is 11.5 Å². The van der Waals surface area contributed by atoms with Gasteiger partial charge in [0.15, 0.2) is 5.17 Å². The van der Waals surface area contributed by atoms with E-state index in [0.29, 0.717) is 16.9 Å². The lowest BCUT2D eigenvalue weighted by molar-refractivity contribution is -0.138. The molecule has 1 fully saturated rings. The summed E-state index contributed by atoms with van der Waals surface area (Å²) < 4.78 is 10.5. The molecule has 1 aliphatic heterocycles. The largest absolute Gasteiger partial charge is 0.497 e. The second-order valence-corrected chi connectivity index (χ2v) is 7.19. The molecule has 1 aliphatic rings. The molecule has 30 heavy (non-hydrogen) atoms. The minimum Gasteiger partial charge on any atom is -0.497 e. The maximum absolute atomic E-state index is 12.4. The lowest BCUT2D eigenvalue weighted by atomic mass is 10.2. The average Bonchev–Trinajstić information content (AvgIpc) is 3.07. The third-order valence-electron chi connectivity index (χ3n) is 3.93. The minimum atomic E-state index is -1.07. The predicted molar refractivity (Wildman–Crippen MR) is 111 cm³/mol. The molecule has 0 aliphatic carbocycles. The van der Waals surface area contributed by atoms with Crippen LogP contribution in [0.4, 0.5) is 0 Å². The van der Waals surface area contributed by atoms with Crippen molar-refractivity contribution in [1.29, 1.82) is 0 Å². The Kier molecular flexibility index (Phi) is 6.81. The second kappa shape index (κ2) is 9.70. The van der Waals surface area contributed by atoms with Gasteiger partial charge in [0.2, 0.25) is 5.91 Å². The van der Waals surface area contributed by atoms with E-state index in [1.165, 1.54) is 13.3 Å². The molecule has 3 rings (SSSR count). The number of carboxylic acids is 1. The molecule has 154 valence electrons. The van der Waals surface area contributed by atoms with Crippen LogP contribution in [0.2, 0.25) is 0 Å². The van der Waals surface area contributed by atoms with Crippen LogP contribution in [-0.4, -0.2) is 46.7 Å². The number of thioether (sulfide) groups is 1. The van der Waals surface area contributed by atoms with Crippen molar-refractivity contribution < 1.29 is 29.0 Å².